The molecule has 2 aromatic heterocycles. The summed E-state index contributed by atoms with van der Waals surface area (Å²) in [5.74, 6) is 2.32. The minimum absolute atomic E-state index is 0.0611. The normalized spacial score (nSPS) is 19.1. The molecule has 2 fully saturated rings. The highest BCUT2D eigenvalue weighted by molar-refractivity contribution is 7.85. The van der Waals surface area contributed by atoms with Crippen LogP contribution in [-0.2, 0) is 15.6 Å². The van der Waals surface area contributed by atoms with Gasteiger partial charge in [-0.15, -0.1) is 0 Å². The molecule has 0 bridgehead atoms. The number of nitrogens with one attached hydrogen (secondary N) is 2. The Morgan fingerprint density at radius 3 is 2.63 bits per heavy atom. The molecule has 7 heteroatoms. The molecule has 6 nitrogen and oxygen atoms in total. The third-order valence-electron chi connectivity index (χ3n) is 6.19. The van der Waals surface area contributed by atoms with Crippen LogP contribution < -0.4 is 5.32 Å². The Labute approximate surface area is 178 Å². The fraction of sp³-hybridized carbons (Fsp3) is 0.391. The molecule has 1 aromatic carbocycles. The van der Waals surface area contributed by atoms with Crippen molar-refractivity contribution in [2.24, 2.45) is 5.92 Å². The summed E-state index contributed by atoms with van der Waals surface area (Å²) >= 11 is 0. The summed E-state index contributed by atoms with van der Waals surface area (Å²) in [6, 6.07) is 12.9. The number of H-pyrrole nitrogens is 1. The number of rotatable bonds is 5. The Morgan fingerprint density at radius 2 is 1.93 bits per heavy atom. The summed E-state index contributed by atoms with van der Waals surface area (Å²) in [6.07, 6.45) is 3.82. The van der Waals surface area contributed by atoms with Crippen molar-refractivity contribution in [3.63, 3.8) is 0 Å². The van der Waals surface area contributed by atoms with Crippen LogP contribution in [0.3, 0.4) is 0 Å². The molecular formula is C23H26N4O2S. The largest absolute Gasteiger partial charge is 0.346 e. The SMILES string of the molecule is CC(c1ccc(-c2cc(NC(=O)C3CC3)nc3[nH]ccc23)cc1)N1CCS(=O)CC1. The van der Waals surface area contributed by atoms with Crippen LogP contribution in [0, 0.1) is 5.92 Å². The maximum Gasteiger partial charge on any atom is 0.228 e. The van der Waals surface area contributed by atoms with Gasteiger partial charge in [0.25, 0.3) is 0 Å². The van der Waals surface area contributed by atoms with E-state index in [2.05, 4.69) is 51.4 Å². The molecule has 1 aliphatic carbocycles. The lowest BCUT2D eigenvalue weighted by atomic mass is 9.99. The Morgan fingerprint density at radius 1 is 1.20 bits per heavy atom. The summed E-state index contributed by atoms with van der Waals surface area (Å²) in [7, 11) is -0.658. The van der Waals surface area contributed by atoms with Gasteiger partial charge in [0, 0.05) is 58.9 Å². The summed E-state index contributed by atoms with van der Waals surface area (Å²) < 4.78 is 11.6. The molecule has 1 saturated carbocycles. The number of fused-ring (bicyclic) bond motifs is 1. The van der Waals surface area contributed by atoms with Gasteiger partial charge in [0.1, 0.15) is 11.5 Å². The number of pyridine rings is 1. The van der Waals surface area contributed by atoms with Crippen LogP contribution in [0.25, 0.3) is 22.2 Å². The lowest BCUT2D eigenvalue weighted by Gasteiger charge is -2.32. The van der Waals surface area contributed by atoms with Gasteiger partial charge in [-0.3, -0.25) is 13.9 Å². The number of hydrogen-bond donors (Lipinski definition) is 2. The van der Waals surface area contributed by atoms with E-state index in [0.717, 1.165) is 59.6 Å². The fourth-order valence-electron chi connectivity index (χ4n) is 4.11. The molecule has 30 heavy (non-hydrogen) atoms. The molecule has 2 N–H and O–H groups in total. The number of aromatic nitrogens is 2. The molecule has 5 rings (SSSR count). The van der Waals surface area contributed by atoms with E-state index in [4.69, 9.17) is 0 Å². The van der Waals surface area contributed by atoms with Gasteiger partial charge in [0.05, 0.1) is 0 Å². The molecule has 156 valence electrons. The van der Waals surface area contributed by atoms with Crippen LogP contribution >= 0.6 is 0 Å². The van der Waals surface area contributed by atoms with E-state index in [-0.39, 0.29) is 11.8 Å². The first-order valence-corrected chi connectivity index (χ1v) is 12.1. The Bertz CT molecular complexity index is 1090. The van der Waals surface area contributed by atoms with E-state index in [9.17, 15) is 9.00 Å². The molecular weight excluding hydrogens is 396 g/mol. The predicted octanol–water partition coefficient (Wildman–Crippen LogP) is 3.70. The number of carbonyl (C=O) groups excluding carboxylic acids is 1. The fourth-order valence-corrected chi connectivity index (χ4v) is 5.19. The molecule has 1 amide bonds. The van der Waals surface area contributed by atoms with Crippen LogP contribution in [0.2, 0.25) is 0 Å². The van der Waals surface area contributed by atoms with E-state index in [1.807, 2.05) is 18.3 Å². The second kappa shape index (κ2) is 7.96. The zero-order valence-electron chi connectivity index (χ0n) is 17.1. The number of benzene rings is 1. The minimum Gasteiger partial charge on any atom is -0.346 e. The number of amides is 1. The topological polar surface area (TPSA) is 78.1 Å². The van der Waals surface area contributed by atoms with Crippen molar-refractivity contribution in [2.45, 2.75) is 25.8 Å². The minimum atomic E-state index is -0.658. The maximum absolute atomic E-state index is 12.2. The highest BCUT2D eigenvalue weighted by Crippen LogP contribution is 2.33. The van der Waals surface area contributed by atoms with Gasteiger partial charge in [-0.25, -0.2) is 4.98 Å². The van der Waals surface area contributed by atoms with Gasteiger partial charge in [-0.05, 0) is 48.6 Å². The number of hydrogen-bond acceptors (Lipinski definition) is 4. The number of carbonyl (C=O) groups is 1. The molecule has 1 aliphatic heterocycles. The average molecular weight is 423 g/mol. The van der Waals surface area contributed by atoms with Crippen molar-refractivity contribution in [3.05, 3.63) is 48.2 Å². The molecule has 3 aromatic rings. The molecule has 1 atom stereocenters. The maximum atomic E-state index is 12.2. The summed E-state index contributed by atoms with van der Waals surface area (Å²) in [6.45, 7) is 3.98. The standard InChI is InChI=1S/C23H26N4O2S/c1-15(27-10-12-30(29)13-11-27)16-2-4-17(5-3-16)20-14-21(26-23(28)18-6-7-18)25-22-19(20)8-9-24-22/h2-5,8-9,14-15,18H,6-7,10-13H2,1H3,(H2,24,25,26,28). The molecule has 1 unspecified atom stereocenters. The number of aromatic amines is 1. The Balaban J connectivity index is 1.41. The molecule has 0 spiro atoms. The van der Waals surface area contributed by atoms with Crippen molar-refractivity contribution in [1.82, 2.24) is 14.9 Å². The average Bonchev–Trinajstić information content (AvgIpc) is 3.51. The lowest BCUT2D eigenvalue weighted by Crippen LogP contribution is -2.39. The molecule has 0 radical (unpaired) electrons. The Hall–Kier alpha value is -2.51. The monoisotopic (exact) mass is 422 g/mol. The predicted molar refractivity (Wildman–Crippen MR) is 121 cm³/mol. The zero-order chi connectivity index (χ0) is 20.7. The van der Waals surface area contributed by atoms with Gasteiger partial charge >= 0.3 is 0 Å². The summed E-state index contributed by atoms with van der Waals surface area (Å²) in [5.41, 5.74) is 4.19. The summed E-state index contributed by atoms with van der Waals surface area (Å²) in [4.78, 5) is 22.3. The van der Waals surface area contributed by atoms with E-state index in [1.165, 1.54) is 5.56 Å². The molecule has 2 aliphatic rings. The van der Waals surface area contributed by atoms with Crippen molar-refractivity contribution in [3.8, 4) is 11.1 Å². The van der Waals surface area contributed by atoms with Gasteiger partial charge in [0.2, 0.25) is 5.91 Å². The second-order valence-corrected chi connectivity index (χ2v) is 9.94. The molecule has 1 saturated heterocycles. The van der Waals surface area contributed by atoms with Crippen LogP contribution in [0.5, 0.6) is 0 Å². The first kappa shape index (κ1) is 19.5. The van der Waals surface area contributed by atoms with Crippen molar-refractivity contribution in [2.75, 3.05) is 29.9 Å². The van der Waals surface area contributed by atoms with Crippen molar-refractivity contribution in [1.29, 1.82) is 0 Å². The van der Waals surface area contributed by atoms with E-state index in [1.54, 1.807) is 0 Å². The van der Waals surface area contributed by atoms with Gasteiger partial charge in [-0.2, -0.15) is 0 Å². The van der Waals surface area contributed by atoms with Crippen LogP contribution in [0.4, 0.5) is 5.82 Å². The van der Waals surface area contributed by atoms with Crippen LogP contribution in [0.1, 0.15) is 31.4 Å². The number of nitrogens with zero attached hydrogens (tertiary/aromatic N) is 2. The van der Waals surface area contributed by atoms with Crippen LogP contribution in [0.15, 0.2) is 42.6 Å². The first-order valence-electron chi connectivity index (χ1n) is 10.6. The zero-order valence-corrected chi connectivity index (χ0v) is 17.9. The van der Waals surface area contributed by atoms with E-state index >= 15 is 0 Å². The Kier molecular flexibility index (Phi) is 5.16. The van der Waals surface area contributed by atoms with Gasteiger partial charge < -0.3 is 10.3 Å². The highest BCUT2D eigenvalue weighted by Gasteiger charge is 2.30. The van der Waals surface area contributed by atoms with Crippen LogP contribution in [-0.4, -0.2) is 49.6 Å². The second-order valence-electron chi connectivity index (χ2n) is 8.24. The quantitative estimate of drug-likeness (QED) is 0.657. The smallest absolute Gasteiger partial charge is 0.228 e. The van der Waals surface area contributed by atoms with Gasteiger partial charge in [0.15, 0.2) is 0 Å². The van der Waals surface area contributed by atoms with Crippen molar-refractivity contribution >= 4 is 33.6 Å². The summed E-state index contributed by atoms with van der Waals surface area (Å²) in [5, 5.41) is 4.01. The number of anilines is 1. The highest BCUT2D eigenvalue weighted by atomic mass is 32.2. The van der Waals surface area contributed by atoms with E-state index < -0.39 is 10.8 Å². The third-order valence-corrected chi connectivity index (χ3v) is 7.47. The third kappa shape index (κ3) is 3.91. The molecule has 3 heterocycles. The van der Waals surface area contributed by atoms with Crippen molar-refractivity contribution < 1.29 is 9.00 Å². The first-order chi connectivity index (χ1) is 14.6. The lowest BCUT2D eigenvalue weighted by molar-refractivity contribution is -0.117. The van der Waals surface area contributed by atoms with E-state index in [0.29, 0.717) is 11.9 Å². The van der Waals surface area contributed by atoms with Gasteiger partial charge in [-0.1, -0.05) is 24.3 Å².